The second-order valence-corrected chi connectivity index (χ2v) is 10.5. The molecule has 0 atom stereocenters. The Morgan fingerprint density at radius 3 is 1.81 bits per heavy atom. The Labute approximate surface area is 243 Å². The van der Waals surface area contributed by atoms with Crippen molar-refractivity contribution in [3.05, 3.63) is 158 Å². The number of furan rings is 1. The molecule has 2 heterocycles. The lowest BCUT2D eigenvalue weighted by Gasteiger charge is -2.26. The van der Waals surface area contributed by atoms with Gasteiger partial charge in [0.25, 0.3) is 0 Å². The highest BCUT2D eigenvalue weighted by atomic mass is 16.3. The van der Waals surface area contributed by atoms with Gasteiger partial charge in [0.05, 0.1) is 0 Å². The Balaban J connectivity index is 1.22. The van der Waals surface area contributed by atoms with E-state index in [0.29, 0.717) is 0 Å². The highest BCUT2D eigenvalue weighted by Gasteiger charge is 2.16. The first kappa shape index (κ1) is 24.2. The molecule has 2 aromatic heterocycles. The zero-order valence-corrected chi connectivity index (χ0v) is 22.8. The molecule has 0 unspecified atom stereocenters. The summed E-state index contributed by atoms with van der Waals surface area (Å²) >= 11 is 0. The summed E-state index contributed by atoms with van der Waals surface area (Å²) in [4.78, 5) is 6.83. The van der Waals surface area contributed by atoms with Crippen molar-refractivity contribution >= 4 is 49.9 Å². The summed E-state index contributed by atoms with van der Waals surface area (Å²) in [6.07, 6.45) is 1.81. The van der Waals surface area contributed by atoms with Gasteiger partial charge >= 0.3 is 0 Å². The molecular weight excluding hydrogens is 512 g/mol. The van der Waals surface area contributed by atoms with Crippen LogP contribution in [0.5, 0.6) is 0 Å². The van der Waals surface area contributed by atoms with E-state index < -0.39 is 0 Å². The number of fused-ring (bicyclic) bond motifs is 4. The van der Waals surface area contributed by atoms with Gasteiger partial charge < -0.3 is 9.32 Å². The van der Waals surface area contributed by atoms with Crippen molar-refractivity contribution in [3.63, 3.8) is 0 Å². The minimum atomic E-state index is 0.795. The van der Waals surface area contributed by atoms with Gasteiger partial charge in [0.15, 0.2) is 5.58 Å². The summed E-state index contributed by atoms with van der Waals surface area (Å²) in [7, 11) is 0. The number of anilines is 3. The lowest BCUT2D eigenvalue weighted by atomic mass is 10.0. The van der Waals surface area contributed by atoms with Gasteiger partial charge in [-0.1, -0.05) is 91.0 Å². The van der Waals surface area contributed by atoms with E-state index >= 15 is 0 Å². The van der Waals surface area contributed by atoms with E-state index in [1.165, 1.54) is 33.0 Å². The van der Waals surface area contributed by atoms with E-state index in [-0.39, 0.29) is 0 Å². The van der Waals surface area contributed by atoms with Gasteiger partial charge in [-0.25, -0.2) is 0 Å². The monoisotopic (exact) mass is 538 g/mol. The first-order chi connectivity index (χ1) is 20.8. The SMILES string of the molecule is c1ccc(-c2ccc(N(c3ccc(-c4ccc5ccccc5c4)cc3)c3ccc4c(c3)oc3cccnc34)cc2)cc1. The van der Waals surface area contributed by atoms with E-state index in [0.717, 1.165) is 39.1 Å². The van der Waals surface area contributed by atoms with Crippen LogP contribution < -0.4 is 4.90 Å². The number of hydrogen-bond acceptors (Lipinski definition) is 3. The zero-order valence-electron chi connectivity index (χ0n) is 22.8. The second kappa shape index (κ2) is 10.1. The molecule has 0 saturated carbocycles. The maximum atomic E-state index is 6.21. The number of rotatable bonds is 5. The lowest BCUT2D eigenvalue weighted by Crippen LogP contribution is -2.09. The lowest BCUT2D eigenvalue weighted by molar-refractivity contribution is 0.668. The van der Waals surface area contributed by atoms with Crippen molar-refractivity contribution in [2.24, 2.45) is 0 Å². The third-order valence-corrected chi connectivity index (χ3v) is 7.91. The average Bonchev–Trinajstić information content (AvgIpc) is 3.44. The van der Waals surface area contributed by atoms with Crippen LogP contribution in [0.15, 0.2) is 162 Å². The topological polar surface area (TPSA) is 29.3 Å². The maximum absolute atomic E-state index is 6.21. The third kappa shape index (κ3) is 4.29. The van der Waals surface area contributed by atoms with Crippen LogP contribution in [0.2, 0.25) is 0 Å². The Morgan fingerprint density at radius 1 is 0.429 bits per heavy atom. The predicted octanol–water partition coefficient (Wildman–Crippen LogP) is 10.9. The molecule has 0 fully saturated rings. The molecular formula is C39H26N2O. The molecule has 8 aromatic rings. The van der Waals surface area contributed by atoms with Crippen LogP contribution in [0.25, 0.3) is 55.1 Å². The van der Waals surface area contributed by atoms with Crippen LogP contribution >= 0.6 is 0 Å². The molecule has 0 amide bonds. The number of aromatic nitrogens is 1. The van der Waals surface area contributed by atoms with Gasteiger partial charge in [-0.3, -0.25) is 4.98 Å². The molecule has 0 saturated heterocycles. The molecule has 3 heteroatoms. The Hall–Kier alpha value is -5.67. The molecule has 0 aliphatic rings. The largest absolute Gasteiger partial charge is 0.454 e. The quantitative estimate of drug-likeness (QED) is 0.218. The van der Waals surface area contributed by atoms with Gasteiger partial charge in [0.1, 0.15) is 11.1 Å². The molecule has 198 valence electrons. The first-order valence-electron chi connectivity index (χ1n) is 14.1. The van der Waals surface area contributed by atoms with Gasteiger partial charge in [0.2, 0.25) is 0 Å². The van der Waals surface area contributed by atoms with Crippen molar-refractivity contribution in [1.29, 1.82) is 0 Å². The van der Waals surface area contributed by atoms with Gasteiger partial charge in [-0.05, 0) is 87.6 Å². The minimum Gasteiger partial charge on any atom is -0.454 e. The molecule has 3 nitrogen and oxygen atoms in total. The molecule has 0 aliphatic heterocycles. The van der Waals surface area contributed by atoms with E-state index in [2.05, 4.69) is 143 Å². The van der Waals surface area contributed by atoms with Crippen LogP contribution in [0.3, 0.4) is 0 Å². The molecule has 0 N–H and O–H groups in total. The van der Waals surface area contributed by atoms with Crippen LogP contribution in [0.4, 0.5) is 17.1 Å². The Bertz CT molecular complexity index is 2180. The van der Waals surface area contributed by atoms with Crippen molar-refractivity contribution in [2.75, 3.05) is 4.90 Å². The van der Waals surface area contributed by atoms with Crippen molar-refractivity contribution in [3.8, 4) is 22.3 Å². The second-order valence-electron chi connectivity index (χ2n) is 10.5. The van der Waals surface area contributed by atoms with Gasteiger partial charge in [-0.15, -0.1) is 0 Å². The molecule has 6 aromatic carbocycles. The summed E-state index contributed by atoms with van der Waals surface area (Å²) in [6.45, 7) is 0. The van der Waals surface area contributed by atoms with Crippen LogP contribution in [0.1, 0.15) is 0 Å². The highest BCUT2D eigenvalue weighted by molar-refractivity contribution is 6.03. The minimum absolute atomic E-state index is 0.795. The predicted molar refractivity (Wildman–Crippen MR) is 175 cm³/mol. The summed E-state index contributed by atoms with van der Waals surface area (Å²) in [5, 5.41) is 3.51. The first-order valence-corrected chi connectivity index (χ1v) is 14.1. The molecule has 0 aliphatic carbocycles. The van der Waals surface area contributed by atoms with E-state index in [1.54, 1.807) is 0 Å². The summed E-state index contributed by atoms with van der Waals surface area (Å²) < 4.78 is 6.21. The smallest absolute Gasteiger partial charge is 0.153 e. The van der Waals surface area contributed by atoms with Crippen LogP contribution in [-0.2, 0) is 0 Å². The Morgan fingerprint density at radius 2 is 1.05 bits per heavy atom. The number of nitrogens with zero attached hydrogens (tertiary/aromatic N) is 2. The number of benzene rings is 6. The molecule has 0 spiro atoms. The standard InChI is InChI=1S/C39H26N2O/c1-2-7-27(8-3-1)29-14-18-33(19-15-29)41(35-22-23-36-38(26-35)42-37-11-6-24-40-39(36)37)34-20-16-30(17-21-34)32-13-12-28-9-4-5-10-31(28)25-32/h1-26H. The summed E-state index contributed by atoms with van der Waals surface area (Å²) in [5.74, 6) is 0. The van der Waals surface area contributed by atoms with Crippen molar-refractivity contribution in [2.45, 2.75) is 0 Å². The highest BCUT2D eigenvalue weighted by Crippen LogP contribution is 2.39. The zero-order chi connectivity index (χ0) is 27.9. The molecule has 42 heavy (non-hydrogen) atoms. The van der Waals surface area contributed by atoms with Crippen LogP contribution in [-0.4, -0.2) is 4.98 Å². The molecule has 8 rings (SSSR count). The summed E-state index contributed by atoms with van der Waals surface area (Å²) in [6, 6.07) is 53.4. The average molecular weight is 539 g/mol. The maximum Gasteiger partial charge on any atom is 0.153 e. The van der Waals surface area contributed by atoms with E-state index in [9.17, 15) is 0 Å². The molecule has 0 radical (unpaired) electrons. The number of pyridine rings is 1. The normalized spacial score (nSPS) is 11.3. The Kier molecular flexibility index (Phi) is 5.79. The molecule has 0 bridgehead atoms. The third-order valence-electron chi connectivity index (χ3n) is 7.91. The fraction of sp³-hybridized carbons (Fsp3) is 0. The number of hydrogen-bond donors (Lipinski definition) is 0. The fourth-order valence-electron chi connectivity index (χ4n) is 5.78. The summed E-state index contributed by atoms with van der Waals surface area (Å²) in [5.41, 5.74) is 10.4. The van der Waals surface area contributed by atoms with Crippen molar-refractivity contribution in [1.82, 2.24) is 4.98 Å². The van der Waals surface area contributed by atoms with E-state index in [1.807, 2.05) is 24.4 Å². The van der Waals surface area contributed by atoms with Gasteiger partial charge in [0, 0.05) is 34.7 Å². The van der Waals surface area contributed by atoms with E-state index in [4.69, 9.17) is 4.42 Å². The van der Waals surface area contributed by atoms with Crippen LogP contribution in [0, 0.1) is 0 Å². The van der Waals surface area contributed by atoms with Gasteiger partial charge in [-0.2, -0.15) is 0 Å². The fourth-order valence-corrected chi connectivity index (χ4v) is 5.78. The van der Waals surface area contributed by atoms with Crippen molar-refractivity contribution < 1.29 is 4.42 Å².